The minimum atomic E-state index is -0.503. The van der Waals surface area contributed by atoms with E-state index in [1.54, 1.807) is 13.8 Å². The molecule has 4 nitrogen and oxygen atoms in total. The highest BCUT2D eigenvalue weighted by Gasteiger charge is 2.43. The summed E-state index contributed by atoms with van der Waals surface area (Å²) in [5, 5.41) is 21.0. The van der Waals surface area contributed by atoms with Gasteiger partial charge in [-0.2, -0.15) is 0 Å². The summed E-state index contributed by atoms with van der Waals surface area (Å²) in [5.41, 5.74) is 2.82. The zero-order chi connectivity index (χ0) is 21.9. The summed E-state index contributed by atoms with van der Waals surface area (Å²) in [6.07, 6.45) is 7.51. The highest BCUT2D eigenvalue weighted by Crippen LogP contribution is 2.49. The summed E-state index contributed by atoms with van der Waals surface area (Å²) < 4.78 is 6.51. The molecule has 1 aliphatic rings. The molecule has 0 amide bonds. The Hall–Kier alpha value is -2.23. The van der Waals surface area contributed by atoms with Crippen molar-refractivity contribution in [3.63, 3.8) is 0 Å². The van der Waals surface area contributed by atoms with Gasteiger partial charge in [0, 0.05) is 23.5 Å². The van der Waals surface area contributed by atoms with E-state index in [4.69, 9.17) is 4.74 Å². The summed E-state index contributed by atoms with van der Waals surface area (Å²) >= 11 is 0. The second-order valence-electron chi connectivity index (χ2n) is 9.27. The fraction of sp³-hybridized carbons (Fsp3) is 0.560. The van der Waals surface area contributed by atoms with Crippen molar-refractivity contribution >= 4 is 5.78 Å². The zero-order valence-electron chi connectivity index (χ0n) is 18.9. The fourth-order valence-corrected chi connectivity index (χ4v) is 3.90. The molecule has 0 spiro atoms. The molecule has 160 valence electrons. The highest BCUT2D eigenvalue weighted by molar-refractivity contribution is 6.03. The number of benzene rings is 1. The summed E-state index contributed by atoms with van der Waals surface area (Å²) in [4.78, 5) is 12.8. The van der Waals surface area contributed by atoms with E-state index in [1.165, 1.54) is 17.2 Å². The molecule has 1 aromatic carbocycles. The van der Waals surface area contributed by atoms with Crippen molar-refractivity contribution in [2.75, 3.05) is 0 Å². The van der Waals surface area contributed by atoms with E-state index in [9.17, 15) is 15.0 Å². The second kappa shape index (κ2) is 9.06. The molecule has 4 heteroatoms. The highest BCUT2D eigenvalue weighted by atomic mass is 16.5. The summed E-state index contributed by atoms with van der Waals surface area (Å²) in [6, 6.07) is 1.28. The molecule has 2 N–H and O–H groups in total. The number of Topliss-reactive ketones (excluding diaryl/α,β-unsaturated/α-hetero) is 1. The van der Waals surface area contributed by atoms with Crippen LogP contribution in [0.4, 0.5) is 0 Å². The van der Waals surface area contributed by atoms with Crippen LogP contribution in [0, 0.1) is 11.8 Å². The van der Waals surface area contributed by atoms with E-state index < -0.39 is 5.60 Å². The average Bonchev–Trinajstić information content (AvgIpc) is 2.59. The number of allylic oxidation sites excluding steroid dienone is 4. The summed E-state index contributed by atoms with van der Waals surface area (Å²) in [6.45, 7) is 14.0. The maximum Gasteiger partial charge on any atom is 0.172 e. The number of hydrogen-bond donors (Lipinski definition) is 2. The van der Waals surface area contributed by atoms with Crippen LogP contribution in [0.3, 0.4) is 0 Å². The van der Waals surface area contributed by atoms with Gasteiger partial charge in [-0.15, -0.1) is 0 Å². The fourth-order valence-electron chi connectivity index (χ4n) is 3.90. The largest absolute Gasteiger partial charge is 0.507 e. The van der Waals surface area contributed by atoms with Crippen molar-refractivity contribution in [1.82, 2.24) is 0 Å². The lowest BCUT2D eigenvalue weighted by Gasteiger charge is -2.43. The van der Waals surface area contributed by atoms with Gasteiger partial charge in [-0.05, 0) is 60.3 Å². The van der Waals surface area contributed by atoms with Crippen LogP contribution < -0.4 is 4.74 Å². The van der Waals surface area contributed by atoms with Gasteiger partial charge in [-0.3, -0.25) is 4.79 Å². The molecule has 2 rings (SSSR count). The second-order valence-corrected chi connectivity index (χ2v) is 9.27. The van der Waals surface area contributed by atoms with Crippen LogP contribution in [0.5, 0.6) is 17.2 Å². The molecule has 0 fully saturated rings. The van der Waals surface area contributed by atoms with Crippen LogP contribution in [-0.2, 0) is 6.42 Å². The molecule has 0 aliphatic carbocycles. The van der Waals surface area contributed by atoms with Crippen LogP contribution in [0.1, 0.15) is 83.7 Å². The molecule has 0 unspecified atom stereocenters. The number of hydrogen-bond acceptors (Lipinski definition) is 4. The molecule has 29 heavy (non-hydrogen) atoms. The normalized spacial score (nSPS) is 20.6. The average molecular weight is 401 g/mol. The third-order valence-electron chi connectivity index (χ3n) is 5.76. The Labute approximate surface area is 175 Å². The van der Waals surface area contributed by atoms with Gasteiger partial charge in [0.15, 0.2) is 5.78 Å². The number of ether oxygens (including phenoxy) is 1. The van der Waals surface area contributed by atoms with Crippen LogP contribution in [0.2, 0.25) is 0 Å². The lowest BCUT2D eigenvalue weighted by Crippen LogP contribution is -2.45. The number of phenols is 2. The maximum absolute atomic E-state index is 12.8. The first kappa shape index (κ1) is 23.1. The van der Waals surface area contributed by atoms with Gasteiger partial charge < -0.3 is 14.9 Å². The van der Waals surface area contributed by atoms with Crippen molar-refractivity contribution in [3.8, 4) is 17.2 Å². The van der Waals surface area contributed by atoms with Gasteiger partial charge in [0.1, 0.15) is 28.4 Å². The third kappa shape index (κ3) is 5.23. The van der Waals surface area contributed by atoms with Gasteiger partial charge in [-0.25, -0.2) is 0 Å². The van der Waals surface area contributed by atoms with Crippen LogP contribution >= 0.6 is 0 Å². The van der Waals surface area contributed by atoms with Crippen molar-refractivity contribution in [1.29, 1.82) is 0 Å². The SMILES string of the molecule is CC(C)=CCC[C@@]1(C)Oc2c(c(O)cc(O)c2C(=O)C(C)C)C[C@@H]1CC=C(C)C. The van der Waals surface area contributed by atoms with Gasteiger partial charge in [0.05, 0.1) is 0 Å². The van der Waals surface area contributed by atoms with Gasteiger partial charge >= 0.3 is 0 Å². The Morgan fingerprint density at radius 3 is 2.34 bits per heavy atom. The van der Waals surface area contributed by atoms with Crippen LogP contribution in [0.25, 0.3) is 0 Å². The van der Waals surface area contributed by atoms with E-state index >= 15 is 0 Å². The Balaban J connectivity index is 2.56. The summed E-state index contributed by atoms with van der Waals surface area (Å²) in [5.74, 6) is -0.158. The Morgan fingerprint density at radius 1 is 1.17 bits per heavy atom. The summed E-state index contributed by atoms with van der Waals surface area (Å²) in [7, 11) is 0. The van der Waals surface area contributed by atoms with Crippen LogP contribution in [-0.4, -0.2) is 21.6 Å². The molecule has 0 saturated carbocycles. The van der Waals surface area contributed by atoms with E-state index in [2.05, 4.69) is 46.8 Å². The lowest BCUT2D eigenvalue weighted by molar-refractivity contribution is 0.00180. The number of ketones is 1. The quantitative estimate of drug-likeness (QED) is 0.413. The van der Waals surface area contributed by atoms with E-state index in [0.717, 1.165) is 19.3 Å². The number of rotatable bonds is 7. The van der Waals surface area contributed by atoms with E-state index in [0.29, 0.717) is 17.7 Å². The van der Waals surface area contributed by atoms with Gasteiger partial charge in [0.2, 0.25) is 0 Å². The lowest BCUT2D eigenvalue weighted by atomic mass is 9.75. The van der Waals surface area contributed by atoms with Gasteiger partial charge in [-0.1, -0.05) is 37.1 Å². The molecule has 0 saturated heterocycles. The minimum Gasteiger partial charge on any atom is -0.507 e. The predicted octanol–water partition coefficient (Wildman–Crippen LogP) is 6.35. The minimum absolute atomic E-state index is 0.00801. The van der Waals surface area contributed by atoms with Crippen molar-refractivity contribution in [2.45, 2.75) is 79.8 Å². The van der Waals surface area contributed by atoms with Gasteiger partial charge in [0.25, 0.3) is 0 Å². The molecule has 0 bridgehead atoms. The van der Waals surface area contributed by atoms with Crippen molar-refractivity contribution in [3.05, 3.63) is 40.5 Å². The number of aromatic hydroxyl groups is 2. The number of carbonyl (C=O) groups excluding carboxylic acids is 1. The number of carbonyl (C=O) groups is 1. The molecule has 2 atom stereocenters. The predicted molar refractivity (Wildman–Crippen MR) is 118 cm³/mol. The zero-order valence-corrected chi connectivity index (χ0v) is 18.9. The Bertz CT molecular complexity index is 824. The monoisotopic (exact) mass is 400 g/mol. The topological polar surface area (TPSA) is 66.8 Å². The molecule has 1 aliphatic heterocycles. The Kier molecular flexibility index (Phi) is 7.20. The molecule has 0 radical (unpaired) electrons. The van der Waals surface area contributed by atoms with E-state index in [-0.39, 0.29) is 34.7 Å². The number of phenolic OH excluding ortho intramolecular Hbond substituents is 2. The smallest absolute Gasteiger partial charge is 0.172 e. The van der Waals surface area contributed by atoms with Crippen molar-refractivity contribution < 1.29 is 19.7 Å². The van der Waals surface area contributed by atoms with Crippen molar-refractivity contribution in [2.24, 2.45) is 11.8 Å². The first-order valence-corrected chi connectivity index (χ1v) is 10.5. The van der Waals surface area contributed by atoms with E-state index in [1.807, 2.05) is 0 Å². The molecule has 1 aromatic rings. The number of fused-ring (bicyclic) bond motifs is 1. The molecular formula is C25H36O4. The first-order valence-electron chi connectivity index (χ1n) is 10.5. The molecular weight excluding hydrogens is 364 g/mol. The Morgan fingerprint density at radius 2 is 1.79 bits per heavy atom. The standard InChI is InChI=1S/C25H36O4/c1-15(2)9-8-12-25(7)18(11-10-16(3)4)13-19-20(26)14-21(27)22(24(19)29-25)23(28)17(5)6/h9-10,14,17-18,26-27H,8,11-13H2,1-7H3/t18-,25+/m0/s1. The van der Waals surface area contributed by atoms with Crippen LogP contribution in [0.15, 0.2) is 29.4 Å². The molecule has 1 heterocycles. The first-order chi connectivity index (χ1) is 13.5. The maximum atomic E-state index is 12.8. The molecule has 0 aromatic heterocycles. The third-order valence-corrected chi connectivity index (χ3v) is 5.76.